The standard InChI is InChI=1S/C19H27N5.3C2HF3O2/c1-22-12-18(11-21-22)14-23-8-3-5-19(15-23)6-9-24(16-19)13-17-4-2-7-20-10-17;3*3-2(4,5)1(6)7/h2,4,7,10-12H,3,5-6,8-9,13-16H2,1H3;3*(H,6,7). The number of hydrogen-bond acceptors (Lipinski definition) is 7. The first-order valence-electron chi connectivity index (χ1n) is 12.8. The van der Waals surface area contributed by atoms with Gasteiger partial charge in [0.2, 0.25) is 0 Å². The Labute approximate surface area is 249 Å². The topological polar surface area (TPSA) is 149 Å². The number of carbonyl (C=O) groups is 3. The van der Waals surface area contributed by atoms with Crippen molar-refractivity contribution in [2.45, 2.75) is 50.9 Å². The number of aromatic nitrogens is 3. The van der Waals surface area contributed by atoms with E-state index in [0.717, 1.165) is 13.1 Å². The zero-order chi connectivity index (χ0) is 34.6. The first-order chi connectivity index (χ1) is 20.5. The van der Waals surface area contributed by atoms with E-state index < -0.39 is 36.4 Å². The fourth-order valence-corrected chi connectivity index (χ4v) is 4.50. The first-order valence-corrected chi connectivity index (χ1v) is 12.8. The van der Waals surface area contributed by atoms with E-state index in [-0.39, 0.29) is 0 Å². The highest BCUT2D eigenvalue weighted by Gasteiger charge is 2.41. The Kier molecular flexibility index (Phi) is 14.2. The minimum Gasteiger partial charge on any atom is -0.475 e. The number of nitrogens with zero attached hydrogens (tertiary/aromatic N) is 5. The number of carboxylic acid groups (broad SMARTS) is 3. The second-order valence-corrected chi connectivity index (χ2v) is 10.1. The zero-order valence-electron chi connectivity index (χ0n) is 23.5. The summed E-state index contributed by atoms with van der Waals surface area (Å²) in [5.41, 5.74) is 3.15. The second kappa shape index (κ2) is 16.4. The lowest BCUT2D eigenvalue weighted by Crippen LogP contribution is -2.44. The molecule has 2 saturated heterocycles. The van der Waals surface area contributed by atoms with Gasteiger partial charge in [-0.2, -0.15) is 44.6 Å². The fraction of sp³-hybridized carbons (Fsp3) is 0.560. The third-order valence-electron chi connectivity index (χ3n) is 6.28. The van der Waals surface area contributed by atoms with Gasteiger partial charge in [0.1, 0.15) is 0 Å². The van der Waals surface area contributed by atoms with Crippen molar-refractivity contribution in [2.75, 3.05) is 26.2 Å². The molecule has 1 spiro atoms. The van der Waals surface area contributed by atoms with Crippen molar-refractivity contribution in [3.05, 3.63) is 48.0 Å². The van der Waals surface area contributed by atoms with Crippen molar-refractivity contribution in [3.63, 3.8) is 0 Å². The smallest absolute Gasteiger partial charge is 0.475 e. The van der Waals surface area contributed by atoms with E-state index in [9.17, 15) is 39.5 Å². The molecule has 0 bridgehead atoms. The summed E-state index contributed by atoms with van der Waals surface area (Å²) in [6.45, 7) is 6.97. The molecule has 2 aliphatic heterocycles. The molecule has 2 aromatic heterocycles. The summed E-state index contributed by atoms with van der Waals surface area (Å²) in [6, 6.07) is 4.23. The summed E-state index contributed by atoms with van der Waals surface area (Å²) in [5.74, 6) is -8.27. The summed E-state index contributed by atoms with van der Waals surface area (Å²) in [6.07, 6.45) is -3.22. The molecule has 3 N–H and O–H groups in total. The number of pyridine rings is 1. The number of likely N-dealkylation sites (tertiary alicyclic amines) is 2. The summed E-state index contributed by atoms with van der Waals surface area (Å²) in [4.78, 5) is 36.2. The Hall–Kier alpha value is -3.94. The number of hydrogen-bond donors (Lipinski definition) is 3. The minimum absolute atomic E-state index is 0.489. The zero-order valence-corrected chi connectivity index (χ0v) is 23.5. The SMILES string of the molecule is Cn1cc(CN2CCCC3(CCN(Cc4cccnc4)C3)C2)cn1.O=C(O)C(F)(F)F.O=C(O)C(F)(F)F.O=C(O)C(F)(F)F. The van der Waals surface area contributed by atoms with Crippen LogP contribution in [0.3, 0.4) is 0 Å². The molecular weight excluding hydrogens is 637 g/mol. The number of aryl methyl sites for hydroxylation is 1. The molecule has 0 radical (unpaired) electrons. The molecule has 45 heavy (non-hydrogen) atoms. The van der Waals surface area contributed by atoms with E-state index in [1.54, 1.807) is 0 Å². The van der Waals surface area contributed by atoms with Crippen LogP contribution in [0, 0.1) is 5.41 Å². The van der Waals surface area contributed by atoms with E-state index in [0.29, 0.717) is 5.41 Å². The molecule has 1 atom stereocenters. The Bertz CT molecular complexity index is 1180. The fourth-order valence-electron chi connectivity index (χ4n) is 4.50. The molecule has 20 heteroatoms. The molecule has 0 amide bonds. The number of carboxylic acids is 3. The number of alkyl halides is 9. The summed E-state index contributed by atoms with van der Waals surface area (Å²) < 4.78 is 97.1. The van der Waals surface area contributed by atoms with Gasteiger partial charge in [-0.25, -0.2) is 14.4 Å². The molecule has 4 rings (SSSR count). The van der Waals surface area contributed by atoms with Gasteiger partial charge in [0.15, 0.2) is 0 Å². The number of piperidine rings is 1. The normalized spacial score (nSPS) is 18.9. The maximum atomic E-state index is 10.6. The highest BCUT2D eigenvalue weighted by atomic mass is 19.4. The highest BCUT2D eigenvalue weighted by molar-refractivity contribution is 5.73. The Balaban J connectivity index is 0.000000396. The second-order valence-electron chi connectivity index (χ2n) is 10.1. The van der Waals surface area contributed by atoms with Gasteiger partial charge in [-0.05, 0) is 49.4 Å². The van der Waals surface area contributed by atoms with Crippen molar-refractivity contribution in [2.24, 2.45) is 12.5 Å². The minimum atomic E-state index is -5.08. The van der Waals surface area contributed by atoms with Gasteiger partial charge in [0.05, 0.1) is 6.20 Å². The maximum absolute atomic E-state index is 10.6. The molecular formula is C25H30F9N5O6. The van der Waals surface area contributed by atoms with Crippen molar-refractivity contribution in [1.82, 2.24) is 24.6 Å². The molecule has 11 nitrogen and oxygen atoms in total. The number of aliphatic carboxylic acids is 3. The van der Waals surface area contributed by atoms with Gasteiger partial charge in [-0.3, -0.25) is 19.5 Å². The molecule has 2 aromatic rings. The van der Waals surface area contributed by atoms with Gasteiger partial charge < -0.3 is 15.3 Å². The molecule has 2 fully saturated rings. The Morgan fingerprint density at radius 2 is 1.24 bits per heavy atom. The third-order valence-corrected chi connectivity index (χ3v) is 6.28. The van der Waals surface area contributed by atoms with Crippen LogP contribution in [-0.2, 0) is 34.5 Å². The van der Waals surface area contributed by atoms with E-state index in [1.807, 2.05) is 36.4 Å². The number of halogens is 9. The van der Waals surface area contributed by atoms with Crippen LogP contribution in [0.5, 0.6) is 0 Å². The van der Waals surface area contributed by atoms with Crippen LogP contribution in [0.25, 0.3) is 0 Å². The largest absolute Gasteiger partial charge is 0.490 e. The highest BCUT2D eigenvalue weighted by Crippen LogP contribution is 2.39. The average molecular weight is 668 g/mol. The molecule has 254 valence electrons. The molecule has 4 heterocycles. The van der Waals surface area contributed by atoms with E-state index >= 15 is 0 Å². The van der Waals surface area contributed by atoms with Crippen LogP contribution in [0.4, 0.5) is 39.5 Å². The molecule has 0 aromatic carbocycles. The van der Waals surface area contributed by atoms with Crippen LogP contribution in [0.15, 0.2) is 36.9 Å². The Morgan fingerprint density at radius 1 is 0.778 bits per heavy atom. The quantitative estimate of drug-likeness (QED) is 0.405. The number of rotatable bonds is 4. The first kappa shape index (κ1) is 39.1. The van der Waals surface area contributed by atoms with Crippen LogP contribution < -0.4 is 0 Å². The summed E-state index contributed by atoms with van der Waals surface area (Å²) in [5, 5.41) is 25.7. The third kappa shape index (κ3) is 15.1. The van der Waals surface area contributed by atoms with E-state index in [4.69, 9.17) is 29.7 Å². The van der Waals surface area contributed by atoms with E-state index in [2.05, 4.69) is 32.1 Å². The van der Waals surface area contributed by atoms with Crippen molar-refractivity contribution >= 4 is 17.9 Å². The summed E-state index contributed by atoms with van der Waals surface area (Å²) in [7, 11) is 1.99. The van der Waals surface area contributed by atoms with Gasteiger partial charge >= 0.3 is 36.4 Å². The van der Waals surface area contributed by atoms with Crippen LogP contribution in [0.2, 0.25) is 0 Å². The molecule has 1 unspecified atom stereocenters. The van der Waals surface area contributed by atoms with Gasteiger partial charge in [-0.1, -0.05) is 6.07 Å². The average Bonchev–Trinajstić information content (AvgIpc) is 3.49. The van der Waals surface area contributed by atoms with Crippen molar-refractivity contribution in [1.29, 1.82) is 0 Å². The van der Waals surface area contributed by atoms with Gasteiger partial charge in [0.25, 0.3) is 0 Å². The predicted molar refractivity (Wildman–Crippen MR) is 135 cm³/mol. The van der Waals surface area contributed by atoms with Crippen LogP contribution >= 0.6 is 0 Å². The van der Waals surface area contributed by atoms with Crippen molar-refractivity contribution < 1.29 is 69.2 Å². The Morgan fingerprint density at radius 3 is 1.64 bits per heavy atom. The van der Waals surface area contributed by atoms with Crippen LogP contribution in [0.1, 0.15) is 30.4 Å². The maximum Gasteiger partial charge on any atom is 0.490 e. The van der Waals surface area contributed by atoms with E-state index in [1.165, 1.54) is 56.6 Å². The van der Waals surface area contributed by atoms with Crippen LogP contribution in [-0.4, -0.2) is 102 Å². The van der Waals surface area contributed by atoms with Gasteiger partial charge in [0, 0.05) is 57.4 Å². The molecule has 0 aliphatic carbocycles. The molecule has 2 aliphatic rings. The predicted octanol–water partition coefficient (Wildman–Crippen LogP) is 4.20. The monoisotopic (exact) mass is 667 g/mol. The molecule has 0 saturated carbocycles. The van der Waals surface area contributed by atoms with Gasteiger partial charge in [-0.15, -0.1) is 0 Å². The lowest BCUT2D eigenvalue weighted by Gasteiger charge is -2.40. The lowest BCUT2D eigenvalue weighted by atomic mass is 9.79. The lowest BCUT2D eigenvalue weighted by molar-refractivity contribution is -0.193. The van der Waals surface area contributed by atoms with Crippen molar-refractivity contribution in [3.8, 4) is 0 Å². The summed E-state index contributed by atoms with van der Waals surface area (Å²) >= 11 is 0.